The predicted octanol–water partition coefficient (Wildman–Crippen LogP) is 6.00. The number of H-pyrrole nitrogens is 1. The summed E-state index contributed by atoms with van der Waals surface area (Å²) < 4.78 is 0. The van der Waals surface area contributed by atoms with Gasteiger partial charge in [-0.2, -0.15) is 5.10 Å². The van der Waals surface area contributed by atoms with Crippen molar-refractivity contribution >= 4 is 34.2 Å². The van der Waals surface area contributed by atoms with E-state index in [1.165, 1.54) is 53.4 Å². The molecule has 1 fully saturated rings. The van der Waals surface area contributed by atoms with Gasteiger partial charge in [0, 0.05) is 28.1 Å². The SMILES string of the molecule is c1ccc2cc(Sc3nc4c(c(Nc5cc(C6CC6)[nH]n5)n3)CCCC4)ccc2c1. The van der Waals surface area contributed by atoms with E-state index < -0.39 is 0 Å². The number of nitrogens with one attached hydrogen (secondary N) is 2. The van der Waals surface area contributed by atoms with Crippen LogP contribution in [0, 0.1) is 0 Å². The summed E-state index contributed by atoms with van der Waals surface area (Å²) in [5, 5.41) is 14.4. The fraction of sp³-hybridized carbons (Fsp3) is 0.292. The van der Waals surface area contributed by atoms with E-state index in [0.29, 0.717) is 5.92 Å². The van der Waals surface area contributed by atoms with E-state index in [4.69, 9.17) is 9.97 Å². The van der Waals surface area contributed by atoms with Gasteiger partial charge in [-0.15, -0.1) is 0 Å². The normalized spacial score (nSPS) is 15.9. The van der Waals surface area contributed by atoms with Gasteiger partial charge in [-0.05, 0) is 73.2 Å². The Morgan fingerprint density at radius 2 is 1.80 bits per heavy atom. The molecule has 1 saturated carbocycles. The Balaban J connectivity index is 1.33. The lowest BCUT2D eigenvalue weighted by Gasteiger charge is -2.19. The van der Waals surface area contributed by atoms with Gasteiger partial charge in [0.15, 0.2) is 11.0 Å². The summed E-state index contributed by atoms with van der Waals surface area (Å²) in [5.41, 5.74) is 3.66. The topological polar surface area (TPSA) is 66.5 Å². The summed E-state index contributed by atoms with van der Waals surface area (Å²) in [6.45, 7) is 0. The number of aryl methyl sites for hydroxylation is 1. The van der Waals surface area contributed by atoms with Crippen LogP contribution in [0.5, 0.6) is 0 Å². The first-order valence-electron chi connectivity index (χ1n) is 10.7. The molecule has 0 saturated heterocycles. The van der Waals surface area contributed by atoms with Crippen LogP contribution in [0.2, 0.25) is 0 Å². The lowest BCUT2D eigenvalue weighted by atomic mass is 9.96. The third-order valence-corrected chi connectivity index (χ3v) is 6.81. The molecule has 6 rings (SSSR count). The standard InChI is InChI=1S/C24H23N5S/c1-2-6-17-13-18(12-11-15(17)5-1)30-24-25-20-8-4-3-7-19(20)23(27-24)26-22-14-21(28-29-22)16-9-10-16/h1-2,5-6,11-14,16H,3-4,7-10H2,(H2,25,26,27,28,29). The Morgan fingerprint density at radius 3 is 2.70 bits per heavy atom. The fourth-order valence-corrected chi connectivity index (χ4v) is 5.01. The van der Waals surface area contributed by atoms with Gasteiger partial charge in [0.05, 0.1) is 5.69 Å². The van der Waals surface area contributed by atoms with Gasteiger partial charge in [-0.25, -0.2) is 9.97 Å². The maximum Gasteiger partial charge on any atom is 0.194 e. The lowest BCUT2D eigenvalue weighted by molar-refractivity contribution is 0.652. The first-order valence-corrected chi connectivity index (χ1v) is 11.5. The number of fused-ring (bicyclic) bond motifs is 2. The van der Waals surface area contributed by atoms with Crippen LogP contribution in [0.15, 0.2) is 58.6 Å². The van der Waals surface area contributed by atoms with Crippen LogP contribution in [0.25, 0.3) is 10.8 Å². The molecule has 0 bridgehead atoms. The third-order valence-electron chi connectivity index (χ3n) is 5.95. The number of aromatic nitrogens is 4. The summed E-state index contributed by atoms with van der Waals surface area (Å²) in [4.78, 5) is 11.0. The molecular formula is C24H23N5S. The summed E-state index contributed by atoms with van der Waals surface area (Å²) >= 11 is 1.63. The first kappa shape index (κ1) is 18.0. The quantitative estimate of drug-likeness (QED) is 0.393. The Kier molecular flexibility index (Phi) is 4.45. The highest BCUT2D eigenvalue weighted by Gasteiger charge is 2.26. The summed E-state index contributed by atoms with van der Waals surface area (Å²) in [7, 11) is 0. The minimum atomic E-state index is 0.659. The van der Waals surface area contributed by atoms with E-state index in [-0.39, 0.29) is 0 Å². The molecule has 150 valence electrons. The Morgan fingerprint density at radius 1 is 0.933 bits per heavy atom. The van der Waals surface area contributed by atoms with Crippen LogP contribution in [-0.4, -0.2) is 20.2 Å². The van der Waals surface area contributed by atoms with Crippen molar-refractivity contribution in [3.63, 3.8) is 0 Å². The second-order valence-electron chi connectivity index (χ2n) is 8.21. The fourth-order valence-electron chi connectivity index (χ4n) is 4.18. The molecule has 5 nitrogen and oxygen atoms in total. The molecule has 2 aliphatic carbocycles. The molecule has 0 spiro atoms. The summed E-state index contributed by atoms with van der Waals surface area (Å²) in [5.74, 6) is 2.42. The smallest absolute Gasteiger partial charge is 0.194 e. The van der Waals surface area contributed by atoms with Crippen LogP contribution >= 0.6 is 11.8 Å². The molecule has 0 unspecified atom stereocenters. The van der Waals surface area contributed by atoms with E-state index in [1.54, 1.807) is 11.8 Å². The highest BCUT2D eigenvalue weighted by molar-refractivity contribution is 7.99. The van der Waals surface area contributed by atoms with Gasteiger partial charge < -0.3 is 5.32 Å². The molecular weight excluding hydrogens is 390 g/mol. The van der Waals surface area contributed by atoms with Crippen molar-refractivity contribution < 1.29 is 0 Å². The van der Waals surface area contributed by atoms with Gasteiger partial charge in [-0.3, -0.25) is 5.10 Å². The zero-order valence-electron chi connectivity index (χ0n) is 16.7. The van der Waals surface area contributed by atoms with E-state index in [1.807, 2.05) is 0 Å². The van der Waals surface area contributed by atoms with Crippen molar-refractivity contribution in [1.82, 2.24) is 20.2 Å². The highest BCUT2D eigenvalue weighted by atomic mass is 32.2. The van der Waals surface area contributed by atoms with Gasteiger partial charge in [0.1, 0.15) is 5.82 Å². The van der Waals surface area contributed by atoms with Crippen LogP contribution in [-0.2, 0) is 12.8 Å². The lowest BCUT2D eigenvalue weighted by Crippen LogP contribution is -2.11. The van der Waals surface area contributed by atoms with Gasteiger partial charge in [0.2, 0.25) is 0 Å². The van der Waals surface area contributed by atoms with Crippen molar-refractivity contribution in [3.05, 3.63) is 65.5 Å². The van der Waals surface area contributed by atoms with Gasteiger partial charge in [-0.1, -0.05) is 30.3 Å². The second kappa shape index (κ2) is 7.43. The second-order valence-corrected chi connectivity index (χ2v) is 9.25. The predicted molar refractivity (Wildman–Crippen MR) is 121 cm³/mol. The maximum atomic E-state index is 4.92. The monoisotopic (exact) mass is 413 g/mol. The largest absolute Gasteiger partial charge is 0.323 e. The number of rotatable bonds is 5. The molecule has 2 aromatic heterocycles. The minimum Gasteiger partial charge on any atom is -0.323 e. The van der Waals surface area contributed by atoms with Crippen molar-refractivity contribution in [2.24, 2.45) is 0 Å². The van der Waals surface area contributed by atoms with Gasteiger partial charge in [0.25, 0.3) is 0 Å². The minimum absolute atomic E-state index is 0.659. The average molecular weight is 414 g/mol. The summed E-state index contributed by atoms with van der Waals surface area (Å²) in [6, 6.07) is 17.1. The number of hydrogen-bond donors (Lipinski definition) is 2. The average Bonchev–Trinajstić information content (AvgIpc) is 3.53. The van der Waals surface area contributed by atoms with Crippen molar-refractivity contribution in [2.75, 3.05) is 5.32 Å². The number of anilines is 2. The molecule has 0 radical (unpaired) electrons. The number of aromatic amines is 1. The Hall–Kier alpha value is -2.86. The third kappa shape index (κ3) is 3.56. The molecule has 6 heteroatoms. The van der Waals surface area contributed by atoms with E-state index in [9.17, 15) is 0 Å². The zero-order valence-corrected chi connectivity index (χ0v) is 17.5. The number of nitrogens with zero attached hydrogens (tertiary/aromatic N) is 3. The molecule has 4 aromatic rings. The zero-order chi connectivity index (χ0) is 19.9. The van der Waals surface area contributed by atoms with E-state index in [0.717, 1.165) is 34.5 Å². The maximum absolute atomic E-state index is 4.92. The molecule has 2 N–H and O–H groups in total. The molecule has 30 heavy (non-hydrogen) atoms. The van der Waals surface area contributed by atoms with Crippen molar-refractivity contribution in [3.8, 4) is 0 Å². The molecule has 0 atom stereocenters. The molecule has 2 heterocycles. The molecule has 0 aliphatic heterocycles. The Bertz CT molecular complexity index is 1230. The van der Waals surface area contributed by atoms with E-state index >= 15 is 0 Å². The molecule has 0 amide bonds. The summed E-state index contributed by atoms with van der Waals surface area (Å²) in [6.07, 6.45) is 6.95. The van der Waals surface area contributed by atoms with Crippen LogP contribution in [0.1, 0.15) is 48.6 Å². The van der Waals surface area contributed by atoms with Crippen molar-refractivity contribution in [2.45, 2.75) is 54.5 Å². The Labute approximate surface area is 179 Å². The van der Waals surface area contributed by atoms with E-state index in [2.05, 4.69) is 64.0 Å². The van der Waals surface area contributed by atoms with Gasteiger partial charge >= 0.3 is 0 Å². The highest BCUT2D eigenvalue weighted by Crippen LogP contribution is 2.40. The van der Waals surface area contributed by atoms with Crippen LogP contribution in [0.3, 0.4) is 0 Å². The molecule has 2 aromatic carbocycles. The van der Waals surface area contributed by atoms with Crippen LogP contribution in [0.4, 0.5) is 11.6 Å². The van der Waals surface area contributed by atoms with Crippen LogP contribution < -0.4 is 5.32 Å². The van der Waals surface area contributed by atoms with Crippen molar-refractivity contribution in [1.29, 1.82) is 0 Å². The number of hydrogen-bond acceptors (Lipinski definition) is 5. The first-order chi connectivity index (χ1) is 14.8. The molecule has 2 aliphatic rings. The number of benzene rings is 2.